The van der Waals surface area contributed by atoms with E-state index >= 15 is 0 Å². The third kappa shape index (κ3) is 6.40. The molecule has 0 aliphatic heterocycles. The number of anilines is 1. The minimum atomic E-state index is -0.912. The van der Waals surface area contributed by atoms with Crippen molar-refractivity contribution in [3.63, 3.8) is 0 Å². The summed E-state index contributed by atoms with van der Waals surface area (Å²) >= 11 is 11.8. The van der Waals surface area contributed by atoms with E-state index in [0.717, 1.165) is 0 Å². The van der Waals surface area contributed by atoms with Gasteiger partial charge in [-0.05, 0) is 60.2 Å². The number of nitrogens with zero attached hydrogens (tertiary/aromatic N) is 1. The van der Waals surface area contributed by atoms with E-state index in [-0.39, 0.29) is 10.6 Å². The highest BCUT2D eigenvalue weighted by molar-refractivity contribution is 6.39. The zero-order valence-corrected chi connectivity index (χ0v) is 17.4. The molecule has 0 unspecified atom stereocenters. The van der Waals surface area contributed by atoms with Gasteiger partial charge in [0.05, 0.1) is 16.8 Å². The van der Waals surface area contributed by atoms with E-state index in [1.165, 1.54) is 24.4 Å². The Kier molecular flexibility index (Phi) is 7.37. The fraction of sp³-hybridized carbons (Fsp3) is 0. The Balaban J connectivity index is 1.52. The van der Waals surface area contributed by atoms with Gasteiger partial charge in [-0.2, -0.15) is 5.10 Å². The number of nitrogens with one attached hydrogen (secondary N) is 2. The maximum atomic E-state index is 12.2. The molecule has 156 valence electrons. The predicted molar refractivity (Wildman–Crippen MR) is 119 cm³/mol. The number of rotatable bonds is 5. The summed E-state index contributed by atoms with van der Waals surface area (Å²) < 4.78 is 5.27. The van der Waals surface area contributed by atoms with Gasteiger partial charge in [-0.1, -0.05) is 41.4 Å². The molecule has 0 spiro atoms. The molecule has 0 bridgehead atoms. The Morgan fingerprint density at radius 3 is 2.26 bits per heavy atom. The van der Waals surface area contributed by atoms with Crippen LogP contribution in [0.2, 0.25) is 10.0 Å². The zero-order valence-electron chi connectivity index (χ0n) is 15.8. The summed E-state index contributed by atoms with van der Waals surface area (Å²) in [6, 6.07) is 19.4. The van der Waals surface area contributed by atoms with Crippen molar-refractivity contribution in [3.05, 3.63) is 94.0 Å². The molecule has 31 heavy (non-hydrogen) atoms. The van der Waals surface area contributed by atoms with Gasteiger partial charge in [0.15, 0.2) is 0 Å². The van der Waals surface area contributed by atoms with Gasteiger partial charge in [0.1, 0.15) is 5.75 Å². The van der Waals surface area contributed by atoms with Crippen molar-refractivity contribution in [2.75, 3.05) is 5.32 Å². The van der Waals surface area contributed by atoms with E-state index in [1.807, 2.05) is 0 Å². The van der Waals surface area contributed by atoms with Crippen LogP contribution in [0.1, 0.15) is 15.9 Å². The van der Waals surface area contributed by atoms with E-state index in [0.29, 0.717) is 22.0 Å². The lowest BCUT2D eigenvalue weighted by Gasteiger charge is -2.06. The number of carbonyl (C=O) groups excluding carboxylic acids is 3. The molecule has 0 aromatic heterocycles. The van der Waals surface area contributed by atoms with E-state index in [2.05, 4.69) is 15.8 Å². The van der Waals surface area contributed by atoms with E-state index in [9.17, 15) is 14.4 Å². The van der Waals surface area contributed by atoms with Gasteiger partial charge in [-0.15, -0.1) is 0 Å². The van der Waals surface area contributed by atoms with Gasteiger partial charge in [0, 0.05) is 10.7 Å². The van der Waals surface area contributed by atoms with Crippen molar-refractivity contribution in [1.82, 2.24) is 5.43 Å². The fourth-order valence-electron chi connectivity index (χ4n) is 2.36. The fourth-order valence-corrected chi connectivity index (χ4v) is 2.85. The van der Waals surface area contributed by atoms with Gasteiger partial charge in [0.25, 0.3) is 0 Å². The van der Waals surface area contributed by atoms with E-state index < -0.39 is 17.8 Å². The summed E-state index contributed by atoms with van der Waals surface area (Å²) in [6.45, 7) is 0. The second-order valence-electron chi connectivity index (χ2n) is 6.10. The normalized spacial score (nSPS) is 10.5. The first-order chi connectivity index (χ1) is 14.9. The molecule has 0 radical (unpaired) electrons. The van der Waals surface area contributed by atoms with Crippen LogP contribution in [0.4, 0.5) is 5.69 Å². The van der Waals surface area contributed by atoms with Crippen molar-refractivity contribution in [2.45, 2.75) is 0 Å². The number of carbonyl (C=O) groups is 3. The van der Waals surface area contributed by atoms with Gasteiger partial charge >= 0.3 is 17.8 Å². The molecule has 7 nitrogen and oxygen atoms in total. The largest absolute Gasteiger partial charge is 0.423 e. The molecule has 0 aliphatic carbocycles. The first-order valence-corrected chi connectivity index (χ1v) is 9.65. The SMILES string of the molecule is O=C(NN=Cc1ccc(OC(=O)c2ccc(Cl)cc2Cl)cc1)C(=O)Nc1ccccc1. The standard InChI is InChI=1S/C22H15Cl2N3O4/c23-15-8-11-18(19(24)12-15)22(30)31-17-9-6-14(7-10-17)13-25-27-21(29)20(28)26-16-4-2-1-3-5-16/h1-13H,(H,26,28)(H,27,29). The molecule has 0 saturated heterocycles. The lowest BCUT2D eigenvalue weighted by atomic mass is 10.2. The molecule has 0 atom stereocenters. The van der Waals surface area contributed by atoms with Crippen LogP contribution in [-0.2, 0) is 9.59 Å². The monoisotopic (exact) mass is 455 g/mol. The number of para-hydroxylation sites is 1. The molecule has 0 heterocycles. The number of hydrazone groups is 1. The highest BCUT2D eigenvalue weighted by Gasteiger charge is 2.14. The quantitative estimate of drug-likeness (QED) is 0.197. The number of benzene rings is 3. The zero-order chi connectivity index (χ0) is 22.2. The van der Waals surface area contributed by atoms with Crippen molar-refractivity contribution < 1.29 is 19.1 Å². The Labute approximate surface area is 187 Å². The average molecular weight is 456 g/mol. The van der Waals surface area contributed by atoms with Crippen LogP contribution in [0.15, 0.2) is 77.9 Å². The van der Waals surface area contributed by atoms with Crippen LogP contribution >= 0.6 is 23.2 Å². The lowest BCUT2D eigenvalue weighted by Crippen LogP contribution is -2.32. The molecular formula is C22H15Cl2N3O4. The van der Waals surface area contributed by atoms with Crippen LogP contribution in [0.3, 0.4) is 0 Å². The second-order valence-corrected chi connectivity index (χ2v) is 6.95. The van der Waals surface area contributed by atoms with Crippen molar-refractivity contribution in [1.29, 1.82) is 0 Å². The number of amides is 2. The molecule has 2 amide bonds. The third-order valence-electron chi connectivity index (χ3n) is 3.86. The average Bonchev–Trinajstić information content (AvgIpc) is 2.75. The number of hydrogen-bond acceptors (Lipinski definition) is 5. The molecule has 9 heteroatoms. The Hall–Kier alpha value is -3.68. The molecule has 0 aliphatic rings. The van der Waals surface area contributed by atoms with Gasteiger partial charge in [0.2, 0.25) is 0 Å². The summed E-state index contributed by atoms with van der Waals surface area (Å²) in [7, 11) is 0. The minimum Gasteiger partial charge on any atom is -0.423 e. The summed E-state index contributed by atoms with van der Waals surface area (Å²) in [5.41, 5.74) is 3.43. The van der Waals surface area contributed by atoms with Crippen LogP contribution in [0.25, 0.3) is 0 Å². The summed E-state index contributed by atoms with van der Waals surface area (Å²) in [4.78, 5) is 35.8. The smallest absolute Gasteiger partial charge is 0.345 e. The molecule has 2 N–H and O–H groups in total. The third-order valence-corrected chi connectivity index (χ3v) is 4.41. The molecule has 0 saturated carbocycles. The number of hydrogen-bond donors (Lipinski definition) is 2. The maximum Gasteiger partial charge on any atom is 0.345 e. The first kappa shape index (κ1) is 22.0. The van der Waals surface area contributed by atoms with Gasteiger partial charge < -0.3 is 10.1 Å². The summed E-state index contributed by atoms with van der Waals surface area (Å²) in [6.07, 6.45) is 1.34. The first-order valence-electron chi connectivity index (χ1n) is 8.89. The van der Waals surface area contributed by atoms with Crippen molar-refractivity contribution >= 4 is 52.9 Å². The highest BCUT2D eigenvalue weighted by Crippen LogP contribution is 2.23. The highest BCUT2D eigenvalue weighted by atomic mass is 35.5. The Bertz CT molecular complexity index is 1130. The predicted octanol–water partition coefficient (Wildman–Crippen LogP) is 4.30. The van der Waals surface area contributed by atoms with Crippen LogP contribution in [0, 0.1) is 0 Å². The van der Waals surface area contributed by atoms with Crippen LogP contribution in [-0.4, -0.2) is 24.0 Å². The van der Waals surface area contributed by atoms with E-state index in [1.54, 1.807) is 54.6 Å². The number of halogens is 2. The van der Waals surface area contributed by atoms with Gasteiger partial charge in [-0.3, -0.25) is 9.59 Å². The summed E-state index contributed by atoms with van der Waals surface area (Å²) in [5.74, 6) is -2.09. The summed E-state index contributed by atoms with van der Waals surface area (Å²) in [5, 5.41) is 6.79. The molecular weight excluding hydrogens is 441 g/mol. The van der Waals surface area contributed by atoms with Crippen molar-refractivity contribution in [2.24, 2.45) is 5.10 Å². The van der Waals surface area contributed by atoms with Crippen molar-refractivity contribution in [3.8, 4) is 5.75 Å². The molecule has 3 aromatic rings. The molecule has 0 fully saturated rings. The Morgan fingerprint density at radius 2 is 1.58 bits per heavy atom. The van der Waals surface area contributed by atoms with Crippen LogP contribution in [0.5, 0.6) is 5.75 Å². The topological polar surface area (TPSA) is 96.9 Å². The molecule has 3 aromatic carbocycles. The van der Waals surface area contributed by atoms with Crippen LogP contribution < -0.4 is 15.5 Å². The molecule has 3 rings (SSSR count). The van der Waals surface area contributed by atoms with Gasteiger partial charge in [-0.25, -0.2) is 10.2 Å². The number of ether oxygens (including phenoxy) is 1. The lowest BCUT2D eigenvalue weighted by molar-refractivity contribution is -0.136. The number of esters is 1. The Morgan fingerprint density at radius 1 is 0.871 bits per heavy atom. The van der Waals surface area contributed by atoms with E-state index in [4.69, 9.17) is 27.9 Å². The second kappa shape index (κ2) is 10.4. The maximum absolute atomic E-state index is 12.2. The minimum absolute atomic E-state index is 0.188.